The lowest BCUT2D eigenvalue weighted by Gasteiger charge is -2.31. The SMILES string of the molecule is O=C(CSc1nc2ccccc2s1)N1CCC(Oc2nc3ccc(F)cc3s2)CC1. The maximum absolute atomic E-state index is 13.3. The molecule has 1 amide bonds. The summed E-state index contributed by atoms with van der Waals surface area (Å²) in [7, 11) is 0. The van der Waals surface area contributed by atoms with Crippen LogP contribution in [0.2, 0.25) is 0 Å². The molecule has 1 aliphatic heterocycles. The predicted octanol–water partition coefficient (Wildman–Crippen LogP) is 5.21. The van der Waals surface area contributed by atoms with Gasteiger partial charge >= 0.3 is 0 Å². The number of fused-ring (bicyclic) bond motifs is 2. The highest BCUT2D eigenvalue weighted by Crippen LogP contribution is 2.31. The molecule has 154 valence electrons. The van der Waals surface area contributed by atoms with Crippen LogP contribution < -0.4 is 4.74 Å². The Labute approximate surface area is 184 Å². The number of halogens is 1. The molecule has 0 unspecified atom stereocenters. The minimum absolute atomic E-state index is 0.0244. The van der Waals surface area contributed by atoms with E-state index in [2.05, 4.69) is 9.97 Å². The van der Waals surface area contributed by atoms with Crippen LogP contribution in [0.3, 0.4) is 0 Å². The first-order valence-electron chi connectivity index (χ1n) is 9.63. The Morgan fingerprint density at radius 2 is 1.90 bits per heavy atom. The summed E-state index contributed by atoms with van der Waals surface area (Å²) in [6.07, 6.45) is 1.56. The molecular formula is C21H18FN3O2S3. The summed E-state index contributed by atoms with van der Waals surface area (Å²) in [4.78, 5) is 23.5. The summed E-state index contributed by atoms with van der Waals surface area (Å²) in [5, 5.41) is 0.562. The van der Waals surface area contributed by atoms with E-state index in [1.54, 1.807) is 17.4 Å². The van der Waals surface area contributed by atoms with Crippen molar-refractivity contribution in [3.05, 3.63) is 48.3 Å². The van der Waals surface area contributed by atoms with E-state index in [0.29, 0.717) is 24.0 Å². The fourth-order valence-corrected chi connectivity index (χ4v) is 6.30. The van der Waals surface area contributed by atoms with Gasteiger partial charge in [0.2, 0.25) is 5.91 Å². The Hall–Kier alpha value is -2.23. The zero-order chi connectivity index (χ0) is 20.5. The van der Waals surface area contributed by atoms with Crippen LogP contribution in [0.15, 0.2) is 46.8 Å². The zero-order valence-electron chi connectivity index (χ0n) is 15.9. The van der Waals surface area contributed by atoms with Gasteiger partial charge in [0.25, 0.3) is 5.19 Å². The molecule has 4 aromatic rings. The number of ether oxygens (including phenoxy) is 1. The molecule has 9 heteroatoms. The van der Waals surface area contributed by atoms with Crippen LogP contribution in [0.1, 0.15) is 12.8 Å². The second kappa shape index (κ2) is 8.49. The van der Waals surface area contributed by atoms with Crippen LogP contribution in [0.25, 0.3) is 20.4 Å². The van der Waals surface area contributed by atoms with E-state index in [4.69, 9.17) is 4.74 Å². The Kier molecular flexibility index (Phi) is 5.58. The molecule has 3 heterocycles. The number of rotatable bonds is 5. The molecule has 5 rings (SSSR count). The molecule has 0 radical (unpaired) electrons. The number of carbonyl (C=O) groups excluding carboxylic acids is 1. The second-order valence-corrected chi connectivity index (χ2v) is 10.3. The maximum atomic E-state index is 13.3. The lowest BCUT2D eigenvalue weighted by atomic mass is 10.1. The van der Waals surface area contributed by atoms with E-state index in [0.717, 1.165) is 37.6 Å². The Balaban J connectivity index is 1.12. The van der Waals surface area contributed by atoms with Crippen molar-refractivity contribution in [3.8, 4) is 5.19 Å². The van der Waals surface area contributed by atoms with Crippen LogP contribution in [0.5, 0.6) is 5.19 Å². The summed E-state index contributed by atoms with van der Waals surface area (Å²) < 4.78 is 22.2. The van der Waals surface area contributed by atoms with Crippen molar-refractivity contribution in [3.63, 3.8) is 0 Å². The first-order valence-corrected chi connectivity index (χ1v) is 12.2. The highest BCUT2D eigenvalue weighted by Gasteiger charge is 2.25. The van der Waals surface area contributed by atoms with Gasteiger partial charge in [0.15, 0.2) is 4.34 Å². The standard InChI is InChI=1S/C21H18FN3O2S3/c22-13-5-6-16-18(11-13)29-20(23-16)27-14-7-9-25(10-8-14)19(26)12-28-21-24-15-3-1-2-4-17(15)30-21/h1-6,11,14H,7-10,12H2. The average Bonchev–Trinajstić information content (AvgIpc) is 3.35. The summed E-state index contributed by atoms with van der Waals surface area (Å²) in [6, 6.07) is 12.6. The Bertz CT molecular complexity index is 1170. The first-order chi connectivity index (χ1) is 14.6. The molecule has 0 aliphatic carbocycles. The fraction of sp³-hybridized carbons (Fsp3) is 0.286. The van der Waals surface area contributed by atoms with Crippen molar-refractivity contribution in [1.82, 2.24) is 14.9 Å². The minimum Gasteiger partial charge on any atom is -0.467 e. The van der Waals surface area contributed by atoms with Crippen molar-refractivity contribution < 1.29 is 13.9 Å². The number of carbonyl (C=O) groups is 1. The van der Waals surface area contributed by atoms with E-state index < -0.39 is 0 Å². The minimum atomic E-state index is -0.270. The summed E-state index contributed by atoms with van der Waals surface area (Å²) in [6.45, 7) is 1.34. The predicted molar refractivity (Wildman–Crippen MR) is 120 cm³/mol. The van der Waals surface area contributed by atoms with E-state index >= 15 is 0 Å². The van der Waals surface area contributed by atoms with Crippen molar-refractivity contribution in [2.24, 2.45) is 0 Å². The van der Waals surface area contributed by atoms with Crippen molar-refractivity contribution in [2.45, 2.75) is 23.3 Å². The molecule has 1 saturated heterocycles. The number of para-hydroxylation sites is 1. The third-order valence-electron chi connectivity index (χ3n) is 4.99. The van der Waals surface area contributed by atoms with Gasteiger partial charge in [0.05, 0.1) is 26.2 Å². The third kappa shape index (κ3) is 4.28. The van der Waals surface area contributed by atoms with Gasteiger partial charge in [-0.1, -0.05) is 35.2 Å². The normalized spacial score (nSPS) is 15.2. The summed E-state index contributed by atoms with van der Waals surface area (Å²) in [5.41, 5.74) is 1.73. The molecule has 2 aromatic carbocycles. The average molecular weight is 460 g/mol. The third-order valence-corrected chi connectivity index (χ3v) is 8.06. The molecule has 5 nitrogen and oxygen atoms in total. The number of hydrogen-bond donors (Lipinski definition) is 0. The highest BCUT2D eigenvalue weighted by atomic mass is 32.2. The summed E-state index contributed by atoms with van der Waals surface area (Å²) >= 11 is 4.48. The van der Waals surface area contributed by atoms with Gasteiger partial charge in [-0.3, -0.25) is 4.79 Å². The number of aromatic nitrogens is 2. The number of hydrogen-bond acceptors (Lipinski definition) is 7. The van der Waals surface area contributed by atoms with E-state index in [1.165, 1.54) is 35.2 Å². The topological polar surface area (TPSA) is 55.3 Å². The number of benzene rings is 2. The molecule has 1 aliphatic rings. The number of thiazole rings is 2. The van der Waals surface area contributed by atoms with Gasteiger partial charge in [-0.25, -0.2) is 14.4 Å². The number of nitrogens with zero attached hydrogens (tertiary/aromatic N) is 3. The van der Waals surface area contributed by atoms with Crippen LogP contribution in [-0.2, 0) is 4.79 Å². The molecule has 2 aromatic heterocycles. The Morgan fingerprint density at radius 1 is 1.10 bits per heavy atom. The van der Waals surface area contributed by atoms with Crippen LogP contribution in [-0.4, -0.2) is 45.7 Å². The molecule has 0 N–H and O–H groups in total. The summed E-state index contributed by atoms with van der Waals surface area (Å²) in [5.74, 6) is 0.260. The van der Waals surface area contributed by atoms with Crippen molar-refractivity contribution in [1.29, 1.82) is 0 Å². The van der Waals surface area contributed by atoms with Crippen molar-refractivity contribution in [2.75, 3.05) is 18.8 Å². The molecule has 0 spiro atoms. The molecule has 30 heavy (non-hydrogen) atoms. The molecule has 0 atom stereocenters. The smallest absolute Gasteiger partial charge is 0.274 e. The van der Waals surface area contributed by atoms with Gasteiger partial charge in [0.1, 0.15) is 11.9 Å². The maximum Gasteiger partial charge on any atom is 0.274 e. The molecule has 0 saturated carbocycles. The molecule has 1 fully saturated rings. The number of likely N-dealkylation sites (tertiary alicyclic amines) is 1. The van der Waals surface area contributed by atoms with Gasteiger partial charge in [-0.15, -0.1) is 11.3 Å². The zero-order valence-corrected chi connectivity index (χ0v) is 18.4. The fourth-order valence-electron chi connectivity index (χ4n) is 3.42. The van der Waals surface area contributed by atoms with Gasteiger partial charge in [-0.05, 0) is 30.3 Å². The van der Waals surface area contributed by atoms with E-state index in [9.17, 15) is 9.18 Å². The largest absolute Gasteiger partial charge is 0.467 e. The van der Waals surface area contributed by atoms with Gasteiger partial charge in [0, 0.05) is 25.9 Å². The molecule has 0 bridgehead atoms. The van der Waals surface area contributed by atoms with Crippen LogP contribution in [0.4, 0.5) is 4.39 Å². The van der Waals surface area contributed by atoms with Gasteiger partial charge < -0.3 is 9.64 Å². The monoisotopic (exact) mass is 459 g/mol. The van der Waals surface area contributed by atoms with Crippen molar-refractivity contribution >= 4 is 60.8 Å². The van der Waals surface area contributed by atoms with Crippen LogP contribution >= 0.6 is 34.4 Å². The van der Waals surface area contributed by atoms with E-state index in [1.807, 2.05) is 29.2 Å². The lowest BCUT2D eigenvalue weighted by Crippen LogP contribution is -2.42. The quantitative estimate of drug-likeness (QED) is 0.384. The highest BCUT2D eigenvalue weighted by molar-refractivity contribution is 8.01. The van der Waals surface area contributed by atoms with Gasteiger partial charge in [-0.2, -0.15) is 0 Å². The number of thioether (sulfide) groups is 1. The van der Waals surface area contributed by atoms with Crippen LogP contribution in [0, 0.1) is 5.82 Å². The Morgan fingerprint density at radius 3 is 2.73 bits per heavy atom. The molecular weight excluding hydrogens is 441 g/mol. The lowest BCUT2D eigenvalue weighted by molar-refractivity contribution is -0.130. The first kappa shape index (κ1) is 19.7. The number of piperidine rings is 1. The second-order valence-electron chi connectivity index (χ2n) is 7.03. The number of amides is 1. The van der Waals surface area contributed by atoms with E-state index in [-0.39, 0.29) is 17.8 Å².